The number of aromatic nitrogens is 3. The lowest BCUT2D eigenvalue weighted by atomic mass is 9.96. The average molecular weight is 341 g/mol. The van der Waals surface area contributed by atoms with Crippen molar-refractivity contribution >= 4 is 33.1 Å². The molecule has 0 atom stereocenters. The van der Waals surface area contributed by atoms with Crippen molar-refractivity contribution in [3.05, 3.63) is 33.1 Å². The Labute approximate surface area is 125 Å². The summed E-state index contributed by atoms with van der Waals surface area (Å²) in [6.45, 7) is 7.13. The first-order valence-corrected chi connectivity index (χ1v) is 7.85. The molecule has 0 fully saturated rings. The van der Waals surface area contributed by atoms with Crippen molar-refractivity contribution in [1.82, 2.24) is 15.0 Å². The summed E-state index contributed by atoms with van der Waals surface area (Å²) in [6, 6.07) is 1.90. The molecule has 6 heteroatoms. The van der Waals surface area contributed by atoms with Crippen LogP contribution < -0.4 is 5.32 Å². The van der Waals surface area contributed by atoms with Gasteiger partial charge in [0.2, 0.25) is 0 Å². The van der Waals surface area contributed by atoms with E-state index in [1.807, 2.05) is 11.6 Å². The van der Waals surface area contributed by atoms with Crippen molar-refractivity contribution in [2.45, 2.75) is 32.6 Å². The van der Waals surface area contributed by atoms with Gasteiger partial charge in [-0.15, -0.1) is 11.3 Å². The van der Waals surface area contributed by atoms with Crippen LogP contribution in [0.5, 0.6) is 0 Å². The van der Waals surface area contributed by atoms with Crippen molar-refractivity contribution in [2.24, 2.45) is 0 Å². The Morgan fingerprint density at radius 3 is 2.74 bits per heavy atom. The molecule has 0 aromatic carbocycles. The van der Waals surface area contributed by atoms with E-state index in [9.17, 15) is 0 Å². The van der Waals surface area contributed by atoms with E-state index in [0.717, 1.165) is 34.9 Å². The van der Waals surface area contributed by atoms with Gasteiger partial charge in [-0.25, -0.2) is 15.0 Å². The SMILES string of the molecule is CC(C)(C)c1nc(Br)cc(NCCc2cscn2)n1. The van der Waals surface area contributed by atoms with Gasteiger partial charge in [-0.1, -0.05) is 20.8 Å². The Balaban J connectivity index is 2.02. The molecule has 2 rings (SSSR count). The predicted molar refractivity (Wildman–Crippen MR) is 82.7 cm³/mol. The van der Waals surface area contributed by atoms with Crippen molar-refractivity contribution in [3.63, 3.8) is 0 Å². The fraction of sp³-hybridized carbons (Fsp3) is 0.462. The fourth-order valence-electron chi connectivity index (χ4n) is 1.52. The summed E-state index contributed by atoms with van der Waals surface area (Å²) < 4.78 is 0.809. The van der Waals surface area contributed by atoms with Crippen LogP contribution in [0.15, 0.2) is 21.6 Å². The molecule has 2 heterocycles. The molecule has 4 nitrogen and oxygen atoms in total. The summed E-state index contributed by atoms with van der Waals surface area (Å²) in [5, 5.41) is 5.39. The molecule has 19 heavy (non-hydrogen) atoms. The van der Waals surface area contributed by atoms with Crippen LogP contribution in [0.4, 0.5) is 5.82 Å². The molecular weight excluding hydrogens is 324 g/mol. The number of nitrogens with zero attached hydrogens (tertiary/aromatic N) is 3. The summed E-state index contributed by atoms with van der Waals surface area (Å²) in [7, 11) is 0. The second-order valence-electron chi connectivity index (χ2n) is 5.31. The van der Waals surface area contributed by atoms with Gasteiger partial charge in [0, 0.05) is 29.8 Å². The molecule has 0 saturated heterocycles. The quantitative estimate of drug-likeness (QED) is 0.863. The maximum atomic E-state index is 4.55. The van der Waals surface area contributed by atoms with E-state index in [2.05, 4.69) is 62.3 Å². The highest BCUT2D eigenvalue weighted by atomic mass is 79.9. The van der Waals surface area contributed by atoms with Gasteiger partial charge in [0.15, 0.2) is 0 Å². The number of hydrogen-bond acceptors (Lipinski definition) is 5. The van der Waals surface area contributed by atoms with Crippen molar-refractivity contribution < 1.29 is 0 Å². The number of nitrogens with one attached hydrogen (secondary N) is 1. The lowest BCUT2D eigenvalue weighted by molar-refractivity contribution is 0.544. The zero-order valence-electron chi connectivity index (χ0n) is 11.3. The van der Waals surface area contributed by atoms with Crippen molar-refractivity contribution in [2.75, 3.05) is 11.9 Å². The summed E-state index contributed by atoms with van der Waals surface area (Å²) in [6.07, 6.45) is 0.899. The lowest BCUT2D eigenvalue weighted by Crippen LogP contribution is -2.18. The molecule has 0 aliphatic heterocycles. The van der Waals surface area contributed by atoms with Gasteiger partial charge in [-0.2, -0.15) is 0 Å². The van der Waals surface area contributed by atoms with E-state index in [1.54, 1.807) is 11.3 Å². The van der Waals surface area contributed by atoms with Crippen molar-refractivity contribution in [1.29, 1.82) is 0 Å². The van der Waals surface area contributed by atoms with Gasteiger partial charge in [0.25, 0.3) is 0 Å². The molecule has 1 N–H and O–H groups in total. The van der Waals surface area contributed by atoms with Crippen LogP contribution in [0, 0.1) is 0 Å². The highest BCUT2D eigenvalue weighted by Gasteiger charge is 2.18. The van der Waals surface area contributed by atoms with Gasteiger partial charge < -0.3 is 5.32 Å². The van der Waals surface area contributed by atoms with Crippen LogP contribution in [-0.2, 0) is 11.8 Å². The normalized spacial score (nSPS) is 11.6. The van der Waals surface area contributed by atoms with E-state index in [1.165, 1.54) is 0 Å². The second kappa shape index (κ2) is 5.96. The minimum Gasteiger partial charge on any atom is -0.370 e. The van der Waals surface area contributed by atoms with E-state index in [4.69, 9.17) is 0 Å². The smallest absolute Gasteiger partial charge is 0.137 e. The first-order valence-electron chi connectivity index (χ1n) is 6.11. The maximum absolute atomic E-state index is 4.55. The first kappa shape index (κ1) is 14.4. The summed E-state index contributed by atoms with van der Waals surface area (Å²) in [5.74, 6) is 1.68. The Hall–Kier alpha value is -1.01. The molecule has 0 saturated carbocycles. The monoisotopic (exact) mass is 340 g/mol. The maximum Gasteiger partial charge on any atom is 0.137 e. The average Bonchev–Trinajstić information content (AvgIpc) is 2.80. The van der Waals surface area contributed by atoms with E-state index in [-0.39, 0.29) is 5.41 Å². The van der Waals surface area contributed by atoms with Crippen LogP contribution in [-0.4, -0.2) is 21.5 Å². The Bertz CT molecular complexity index is 534. The number of thiazole rings is 1. The van der Waals surface area contributed by atoms with E-state index in [0.29, 0.717) is 0 Å². The molecule has 2 aromatic rings. The molecule has 0 unspecified atom stereocenters. The second-order valence-corrected chi connectivity index (χ2v) is 6.84. The molecule has 2 aromatic heterocycles. The van der Waals surface area contributed by atoms with Crippen LogP contribution in [0.25, 0.3) is 0 Å². The third-order valence-corrected chi connectivity index (χ3v) is 3.58. The van der Waals surface area contributed by atoms with Gasteiger partial charge in [-0.3, -0.25) is 0 Å². The van der Waals surface area contributed by atoms with Crippen molar-refractivity contribution in [3.8, 4) is 0 Å². The fourth-order valence-corrected chi connectivity index (χ4v) is 2.50. The molecule has 0 bridgehead atoms. The minimum atomic E-state index is -0.0604. The summed E-state index contributed by atoms with van der Waals surface area (Å²) >= 11 is 5.06. The van der Waals surface area contributed by atoms with Gasteiger partial charge in [0.05, 0.1) is 11.2 Å². The van der Waals surface area contributed by atoms with E-state index < -0.39 is 0 Å². The topological polar surface area (TPSA) is 50.7 Å². The molecule has 0 aliphatic carbocycles. The third kappa shape index (κ3) is 4.24. The van der Waals surface area contributed by atoms with Crippen LogP contribution in [0.3, 0.4) is 0 Å². The Kier molecular flexibility index (Phi) is 4.52. The first-order chi connectivity index (χ1) is 8.95. The zero-order chi connectivity index (χ0) is 13.9. The molecule has 0 spiro atoms. The summed E-state index contributed by atoms with van der Waals surface area (Å²) in [5.41, 5.74) is 2.91. The van der Waals surface area contributed by atoms with Gasteiger partial charge in [0.1, 0.15) is 16.2 Å². The zero-order valence-corrected chi connectivity index (χ0v) is 13.7. The van der Waals surface area contributed by atoms with Crippen LogP contribution in [0.2, 0.25) is 0 Å². The third-order valence-electron chi connectivity index (χ3n) is 2.54. The number of hydrogen-bond donors (Lipinski definition) is 1. The Morgan fingerprint density at radius 2 is 2.11 bits per heavy atom. The lowest BCUT2D eigenvalue weighted by Gasteiger charge is -2.17. The molecule has 0 aliphatic rings. The highest BCUT2D eigenvalue weighted by molar-refractivity contribution is 9.10. The standard InChI is InChI=1S/C13H17BrN4S/c1-13(2,3)12-17-10(14)6-11(18-12)15-5-4-9-7-19-8-16-9/h6-8H,4-5H2,1-3H3,(H,15,17,18). The Morgan fingerprint density at radius 1 is 1.32 bits per heavy atom. The summed E-state index contributed by atoms with van der Waals surface area (Å²) in [4.78, 5) is 13.2. The van der Waals surface area contributed by atoms with Crippen LogP contribution in [0.1, 0.15) is 32.3 Å². The van der Waals surface area contributed by atoms with Crippen LogP contribution >= 0.6 is 27.3 Å². The minimum absolute atomic E-state index is 0.0604. The number of anilines is 1. The predicted octanol–water partition coefficient (Wildman–Crippen LogP) is 3.65. The number of halogens is 1. The van der Waals surface area contributed by atoms with E-state index >= 15 is 0 Å². The van der Waals surface area contributed by atoms with Gasteiger partial charge >= 0.3 is 0 Å². The number of rotatable bonds is 4. The molecule has 102 valence electrons. The highest BCUT2D eigenvalue weighted by Crippen LogP contribution is 2.22. The van der Waals surface area contributed by atoms with Gasteiger partial charge in [-0.05, 0) is 15.9 Å². The largest absolute Gasteiger partial charge is 0.370 e. The molecule has 0 amide bonds. The molecular formula is C13H17BrN4S. The molecule has 0 radical (unpaired) electrons.